The molecule has 3 heteroatoms. The molecule has 0 fully saturated rings. The second kappa shape index (κ2) is 3.26. The number of aliphatic carboxylic acids is 1. The molecular weight excluding hydrogens is 154 g/mol. The fourth-order valence-electron chi connectivity index (χ4n) is 1.08. The molecule has 0 amide bonds. The first-order chi connectivity index (χ1) is 5.59. The van der Waals surface area contributed by atoms with E-state index in [0.29, 0.717) is 5.69 Å². The average molecular weight is 165 g/mol. The van der Waals surface area contributed by atoms with Gasteiger partial charge in [0.2, 0.25) is 0 Å². The van der Waals surface area contributed by atoms with Crippen LogP contribution >= 0.6 is 0 Å². The monoisotopic (exact) mass is 165 g/mol. The first-order valence-electron chi connectivity index (χ1n) is 3.66. The largest absolute Gasteiger partial charge is 0.481 e. The molecule has 0 spiro atoms. The second-order valence-electron chi connectivity index (χ2n) is 2.76. The number of nitrogen functional groups attached to an aromatic ring is 1. The molecular formula is C9H11NO2. The summed E-state index contributed by atoms with van der Waals surface area (Å²) < 4.78 is 0. The Morgan fingerprint density at radius 3 is 2.75 bits per heavy atom. The van der Waals surface area contributed by atoms with E-state index in [9.17, 15) is 4.79 Å². The number of carboxylic acid groups (broad SMARTS) is 1. The van der Waals surface area contributed by atoms with Gasteiger partial charge in [-0.2, -0.15) is 0 Å². The maximum absolute atomic E-state index is 10.4. The van der Waals surface area contributed by atoms with E-state index >= 15 is 0 Å². The van der Waals surface area contributed by atoms with Crippen molar-refractivity contribution in [3.05, 3.63) is 29.3 Å². The Morgan fingerprint density at radius 1 is 1.58 bits per heavy atom. The molecule has 0 atom stereocenters. The van der Waals surface area contributed by atoms with Crippen LogP contribution in [0.5, 0.6) is 0 Å². The summed E-state index contributed by atoms with van der Waals surface area (Å²) in [5, 5.41) is 8.53. The molecule has 0 heterocycles. The van der Waals surface area contributed by atoms with E-state index in [0.717, 1.165) is 11.1 Å². The van der Waals surface area contributed by atoms with Crippen molar-refractivity contribution < 1.29 is 9.90 Å². The average Bonchev–Trinajstić information content (AvgIpc) is 1.94. The van der Waals surface area contributed by atoms with Gasteiger partial charge in [0, 0.05) is 5.69 Å². The number of carboxylic acids is 1. The molecule has 1 rings (SSSR count). The van der Waals surface area contributed by atoms with Crippen molar-refractivity contribution in [1.82, 2.24) is 0 Å². The second-order valence-corrected chi connectivity index (χ2v) is 2.76. The quantitative estimate of drug-likeness (QED) is 0.647. The standard InChI is InChI=1S/C9H11NO2/c1-6-4-8(10)3-2-7(6)5-9(11)12/h2-4H,5,10H2,1H3,(H,11,12). The smallest absolute Gasteiger partial charge is 0.307 e. The highest BCUT2D eigenvalue weighted by atomic mass is 16.4. The van der Waals surface area contributed by atoms with Crippen LogP contribution in [0.4, 0.5) is 5.69 Å². The van der Waals surface area contributed by atoms with E-state index in [-0.39, 0.29) is 6.42 Å². The predicted molar refractivity (Wildman–Crippen MR) is 46.9 cm³/mol. The van der Waals surface area contributed by atoms with Crippen molar-refractivity contribution in [3.8, 4) is 0 Å². The first kappa shape index (κ1) is 8.59. The van der Waals surface area contributed by atoms with Crippen LogP contribution in [0.15, 0.2) is 18.2 Å². The van der Waals surface area contributed by atoms with Gasteiger partial charge in [-0.25, -0.2) is 0 Å². The molecule has 0 unspecified atom stereocenters. The number of anilines is 1. The third-order valence-electron chi connectivity index (χ3n) is 1.71. The Kier molecular flexibility index (Phi) is 2.33. The zero-order valence-electron chi connectivity index (χ0n) is 6.87. The summed E-state index contributed by atoms with van der Waals surface area (Å²) in [4.78, 5) is 10.4. The molecule has 0 aliphatic carbocycles. The van der Waals surface area contributed by atoms with Crippen molar-refractivity contribution in [2.75, 3.05) is 5.73 Å². The zero-order chi connectivity index (χ0) is 9.14. The summed E-state index contributed by atoms with van der Waals surface area (Å²) in [5.41, 5.74) is 7.92. The van der Waals surface area contributed by atoms with Crippen molar-refractivity contribution in [2.24, 2.45) is 0 Å². The van der Waals surface area contributed by atoms with Crippen LogP contribution in [-0.4, -0.2) is 11.1 Å². The molecule has 64 valence electrons. The van der Waals surface area contributed by atoms with Gasteiger partial charge in [-0.1, -0.05) is 6.07 Å². The number of benzene rings is 1. The lowest BCUT2D eigenvalue weighted by molar-refractivity contribution is -0.136. The molecule has 0 saturated carbocycles. The van der Waals surface area contributed by atoms with Crippen LogP contribution in [0.1, 0.15) is 11.1 Å². The molecule has 12 heavy (non-hydrogen) atoms. The van der Waals surface area contributed by atoms with Crippen molar-refractivity contribution in [2.45, 2.75) is 13.3 Å². The number of hydrogen-bond donors (Lipinski definition) is 2. The van der Waals surface area contributed by atoms with Gasteiger partial charge < -0.3 is 10.8 Å². The van der Waals surface area contributed by atoms with Gasteiger partial charge in [-0.15, -0.1) is 0 Å². The Labute approximate surface area is 70.8 Å². The van der Waals surface area contributed by atoms with E-state index in [1.165, 1.54) is 0 Å². The summed E-state index contributed by atoms with van der Waals surface area (Å²) >= 11 is 0. The maximum Gasteiger partial charge on any atom is 0.307 e. The zero-order valence-corrected chi connectivity index (χ0v) is 6.87. The molecule has 1 aromatic carbocycles. The number of aryl methyl sites for hydroxylation is 1. The molecule has 0 bridgehead atoms. The normalized spacial score (nSPS) is 9.75. The van der Waals surface area contributed by atoms with E-state index in [2.05, 4.69) is 0 Å². The molecule has 3 N–H and O–H groups in total. The number of hydrogen-bond acceptors (Lipinski definition) is 2. The highest BCUT2D eigenvalue weighted by molar-refractivity contribution is 5.71. The number of nitrogens with two attached hydrogens (primary N) is 1. The molecule has 0 radical (unpaired) electrons. The van der Waals surface area contributed by atoms with Gasteiger partial charge in [0.1, 0.15) is 0 Å². The van der Waals surface area contributed by atoms with Gasteiger partial charge in [-0.3, -0.25) is 4.79 Å². The Hall–Kier alpha value is -1.51. The van der Waals surface area contributed by atoms with E-state index in [1.54, 1.807) is 18.2 Å². The summed E-state index contributed by atoms with van der Waals surface area (Å²) in [6.07, 6.45) is 0.0616. The van der Waals surface area contributed by atoms with Crippen LogP contribution in [0.3, 0.4) is 0 Å². The molecule has 1 aromatic rings. The Balaban J connectivity index is 2.93. The Bertz CT molecular complexity index is 307. The van der Waals surface area contributed by atoms with Gasteiger partial charge in [0.15, 0.2) is 0 Å². The number of carbonyl (C=O) groups is 1. The lowest BCUT2D eigenvalue weighted by atomic mass is 10.1. The minimum atomic E-state index is -0.817. The summed E-state index contributed by atoms with van der Waals surface area (Å²) in [7, 11) is 0. The van der Waals surface area contributed by atoms with Crippen LogP contribution in [0, 0.1) is 6.92 Å². The SMILES string of the molecule is Cc1cc(N)ccc1CC(=O)O. The van der Waals surface area contributed by atoms with Gasteiger partial charge in [-0.05, 0) is 30.2 Å². The summed E-state index contributed by atoms with van der Waals surface area (Å²) in [6, 6.07) is 5.24. The molecule has 0 aliphatic rings. The number of rotatable bonds is 2. The third-order valence-corrected chi connectivity index (χ3v) is 1.71. The maximum atomic E-state index is 10.4. The minimum Gasteiger partial charge on any atom is -0.481 e. The Morgan fingerprint density at radius 2 is 2.25 bits per heavy atom. The van der Waals surface area contributed by atoms with Gasteiger partial charge in [0.25, 0.3) is 0 Å². The van der Waals surface area contributed by atoms with Gasteiger partial charge in [0.05, 0.1) is 6.42 Å². The van der Waals surface area contributed by atoms with Crippen molar-refractivity contribution in [1.29, 1.82) is 0 Å². The fourth-order valence-corrected chi connectivity index (χ4v) is 1.08. The first-order valence-corrected chi connectivity index (χ1v) is 3.66. The molecule has 0 aromatic heterocycles. The van der Waals surface area contributed by atoms with E-state index < -0.39 is 5.97 Å². The van der Waals surface area contributed by atoms with Crippen LogP contribution < -0.4 is 5.73 Å². The third kappa shape index (κ3) is 1.99. The van der Waals surface area contributed by atoms with Crippen molar-refractivity contribution in [3.63, 3.8) is 0 Å². The summed E-state index contributed by atoms with van der Waals surface area (Å²) in [5.74, 6) is -0.817. The van der Waals surface area contributed by atoms with Crippen LogP contribution in [0.2, 0.25) is 0 Å². The highest BCUT2D eigenvalue weighted by Crippen LogP contribution is 2.12. The predicted octanol–water partition coefficient (Wildman–Crippen LogP) is 1.20. The molecule has 3 nitrogen and oxygen atoms in total. The topological polar surface area (TPSA) is 63.3 Å². The van der Waals surface area contributed by atoms with Crippen molar-refractivity contribution >= 4 is 11.7 Å². The van der Waals surface area contributed by atoms with Gasteiger partial charge >= 0.3 is 5.97 Å². The molecule has 0 saturated heterocycles. The molecule has 0 aliphatic heterocycles. The highest BCUT2D eigenvalue weighted by Gasteiger charge is 2.02. The minimum absolute atomic E-state index is 0.0616. The van der Waals surface area contributed by atoms with Crippen LogP contribution in [0.25, 0.3) is 0 Å². The fraction of sp³-hybridized carbons (Fsp3) is 0.222. The lowest BCUT2D eigenvalue weighted by Crippen LogP contribution is -2.02. The lowest BCUT2D eigenvalue weighted by Gasteiger charge is -2.02. The van der Waals surface area contributed by atoms with Crippen LogP contribution in [-0.2, 0) is 11.2 Å². The summed E-state index contributed by atoms with van der Waals surface area (Å²) in [6.45, 7) is 1.86. The van der Waals surface area contributed by atoms with E-state index in [4.69, 9.17) is 10.8 Å². The van der Waals surface area contributed by atoms with E-state index in [1.807, 2.05) is 6.92 Å².